The van der Waals surface area contributed by atoms with Gasteiger partial charge in [-0.05, 0) is 113 Å². The fourth-order valence-corrected chi connectivity index (χ4v) is 13.5. The molecule has 2 fully saturated rings. The summed E-state index contributed by atoms with van der Waals surface area (Å²) in [6.45, 7) is 33.3. The van der Waals surface area contributed by atoms with E-state index in [9.17, 15) is 24.3 Å². The Hall–Kier alpha value is -5.86. The Morgan fingerprint density at radius 3 is 1.48 bits per heavy atom. The van der Waals surface area contributed by atoms with Gasteiger partial charge < -0.3 is 65.4 Å². The first-order valence-corrected chi connectivity index (χ1v) is 35.6. The second-order valence-electron chi connectivity index (χ2n) is 28.5. The lowest BCUT2D eigenvalue weighted by atomic mass is 9.91. The van der Waals surface area contributed by atoms with Crippen molar-refractivity contribution >= 4 is 76.7 Å². The standard InChI is InChI=1S/C69H124N12O13S/c1-25-28-30-46(15)57(82)56-61(86)72-49(27-3)63(88)80(24)69(95-36-29-31-81-32-34-94-35-33-81)68(93)78(22)55(45(14)26-2)60(85)73-53(43(10)11)66(91)74(18)50(37-40(4)5)59(84)70-47(16)58(83)71-48(17)62(87)75(19)51(38-41(6)7)64(89)76(20)52(39-42(8)9)65(90)77(21)54(44(12)13)67(92)79(56)23/h25,28,40-57,69,82H,26-27,29-39H2,1-24H3,(H,70,84)(H,71,83)(H,72,86)(H,73,85)/b28-25+/t45?,46-,47+,48-,49+,50+,51+,52+,53+,54+,55+,56+,57-,69-/m1/s1. The van der Waals surface area contributed by atoms with Gasteiger partial charge in [-0.3, -0.25) is 57.6 Å². The van der Waals surface area contributed by atoms with E-state index >= 15 is 33.6 Å². The van der Waals surface area contributed by atoms with Gasteiger partial charge in [-0.15, -0.1) is 11.8 Å². The second-order valence-corrected chi connectivity index (χ2v) is 29.7. The Balaban J connectivity index is 3.10. The van der Waals surface area contributed by atoms with Crippen molar-refractivity contribution in [1.29, 1.82) is 0 Å². The molecule has 26 heteroatoms. The van der Waals surface area contributed by atoms with Crippen molar-refractivity contribution in [1.82, 2.24) is 60.5 Å². The summed E-state index contributed by atoms with van der Waals surface area (Å²) >= 11 is 1.20. The van der Waals surface area contributed by atoms with Crippen molar-refractivity contribution in [2.75, 3.05) is 87.9 Å². The van der Waals surface area contributed by atoms with Crippen LogP contribution < -0.4 is 21.3 Å². The number of amides is 11. The van der Waals surface area contributed by atoms with Crippen LogP contribution in [0.4, 0.5) is 0 Å². The Bertz CT molecular complexity index is 2580. The van der Waals surface area contributed by atoms with Gasteiger partial charge in [-0.2, -0.15) is 0 Å². The Kier molecular flexibility index (Phi) is 36.0. The highest BCUT2D eigenvalue weighted by molar-refractivity contribution is 8.00. The Labute approximate surface area is 573 Å². The molecule has 0 aliphatic carbocycles. The van der Waals surface area contributed by atoms with Crippen LogP contribution in [0.5, 0.6) is 0 Å². The summed E-state index contributed by atoms with van der Waals surface area (Å²) in [5, 5.41) is 22.3. The molecule has 0 aromatic rings. The number of carbonyl (C=O) groups excluding carboxylic acids is 11. The van der Waals surface area contributed by atoms with Gasteiger partial charge >= 0.3 is 0 Å². The predicted molar refractivity (Wildman–Crippen MR) is 372 cm³/mol. The van der Waals surface area contributed by atoms with Crippen LogP contribution in [-0.4, -0.2) is 269 Å². The SMILES string of the molecule is C/C=C/C[C@@H](C)[C@@H](O)[C@H]1C(=O)N[C@@H](CC)C(=O)N(C)[C@H](SCCCN2CCOCC2)C(=O)N(C)[C@@H](C(C)CC)C(=O)N[C@@H](C(C)C)C(=O)N(C)[C@@H](CC(C)C)C(=O)N[C@@H](C)C(=O)N[C@H](C)C(=O)N(C)[C@@H](CC(C)C)C(=O)N(C)[C@@H](CC(C)C)C(=O)N(C)[C@@H](C(C)C)C(=O)N1C. The molecule has 25 nitrogen and oxygen atoms in total. The van der Waals surface area contributed by atoms with Crippen LogP contribution in [0.15, 0.2) is 12.2 Å². The maximum Gasteiger partial charge on any atom is 0.256 e. The van der Waals surface area contributed by atoms with Gasteiger partial charge in [0.05, 0.1) is 19.3 Å². The molecule has 2 rings (SSSR count). The van der Waals surface area contributed by atoms with E-state index in [0.717, 1.165) is 18.0 Å². The predicted octanol–water partition coefficient (Wildman–Crippen LogP) is 4.05. The van der Waals surface area contributed by atoms with E-state index in [1.54, 1.807) is 54.5 Å². The van der Waals surface area contributed by atoms with E-state index in [-0.39, 0.29) is 43.4 Å². The van der Waals surface area contributed by atoms with Crippen LogP contribution in [-0.2, 0) is 57.5 Å². The van der Waals surface area contributed by atoms with E-state index in [2.05, 4.69) is 26.2 Å². The number of allylic oxidation sites excluding steroid dienone is 2. The van der Waals surface area contributed by atoms with Crippen molar-refractivity contribution < 1.29 is 62.6 Å². The van der Waals surface area contributed by atoms with E-state index < -0.39 is 161 Å². The van der Waals surface area contributed by atoms with E-state index in [1.807, 2.05) is 61.5 Å². The van der Waals surface area contributed by atoms with Gasteiger partial charge in [0, 0.05) is 62.4 Å². The van der Waals surface area contributed by atoms with Crippen molar-refractivity contribution in [2.45, 2.75) is 235 Å². The average Bonchev–Trinajstić information content (AvgIpc) is 0.815. The van der Waals surface area contributed by atoms with Gasteiger partial charge in [0.15, 0.2) is 5.37 Å². The maximum absolute atomic E-state index is 15.4. The summed E-state index contributed by atoms with van der Waals surface area (Å²) in [7, 11) is 10.1. The zero-order chi connectivity index (χ0) is 72.8. The van der Waals surface area contributed by atoms with Crippen LogP contribution >= 0.6 is 11.8 Å². The average molecular weight is 1360 g/mol. The third-order valence-electron chi connectivity index (χ3n) is 18.6. The van der Waals surface area contributed by atoms with Crippen molar-refractivity contribution in [3.8, 4) is 0 Å². The van der Waals surface area contributed by atoms with Crippen LogP contribution in [0, 0.1) is 41.4 Å². The highest BCUT2D eigenvalue weighted by Crippen LogP contribution is 2.28. The summed E-state index contributed by atoms with van der Waals surface area (Å²) < 4.78 is 5.56. The second kappa shape index (κ2) is 40.1. The summed E-state index contributed by atoms with van der Waals surface area (Å²) in [5.74, 6) is -9.74. The molecule has 11 amide bonds. The number of aliphatic hydroxyl groups excluding tert-OH is 1. The lowest BCUT2D eigenvalue weighted by Crippen LogP contribution is -2.64. The largest absolute Gasteiger partial charge is 0.390 e. The van der Waals surface area contributed by atoms with Crippen LogP contribution in [0.25, 0.3) is 0 Å². The molecule has 2 aliphatic heterocycles. The van der Waals surface area contributed by atoms with Gasteiger partial charge in [0.2, 0.25) is 59.1 Å². The molecule has 0 radical (unpaired) electrons. The van der Waals surface area contributed by atoms with Crippen molar-refractivity contribution in [3.63, 3.8) is 0 Å². The topological polar surface area (TPSA) is 291 Å². The van der Waals surface area contributed by atoms with Crippen LogP contribution in [0.1, 0.15) is 163 Å². The number of thioether (sulfide) groups is 1. The number of nitrogens with zero attached hydrogens (tertiary/aromatic N) is 8. The fourth-order valence-electron chi connectivity index (χ4n) is 12.3. The van der Waals surface area contributed by atoms with E-state index in [0.29, 0.717) is 44.8 Å². The molecular formula is C69H124N12O13S. The first-order chi connectivity index (χ1) is 44.2. The molecule has 0 aromatic carbocycles. The zero-order valence-electron chi connectivity index (χ0n) is 62.1. The molecule has 2 heterocycles. The number of likely N-dealkylation sites (N-methyl/N-ethyl adjacent to an activating group) is 7. The lowest BCUT2D eigenvalue weighted by molar-refractivity contribution is -0.157. The Morgan fingerprint density at radius 1 is 0.516 bits per heavy atom. The minimum absolute atomic E-state index is 0.00297. The first kappa shape index (κ1) is 85.2. The minimum Gasteiger partial charge on any atom is -0.390 e. The van der Waals surface area contributed by atoms with E-state index in [4.69, 9.17) is 4.74 Å². The molecule has 95 heavy (non-hydrogen) atoms. The number of ether oxygens (including phenoxy) is 1. The zero-order valence-corrected chi connectivity index (χ0v) is 63.0. The van der Waals surface area contributed by atoms with Gasteiger partial charge in [0.1, 0.15) is 60.4 Å². The van der Waals surface area contributed by atoms with E-state index in [1.165, 1.54) is 104 Å². The molecule has 5 N–H and O–H groups in total. The van der Waals surface area contributed by atoms with Crippen LogP contribution in [0.2, 0.25) is 0 Å². The lowest BCUT2D eigenvalue weighted by Gasteiger charge is -2.41. The number of carbonyl (C=O) groups is 11. The number of hydrogen-bond donors (Lipinski definition) is 5. The summed E-state index contributed by atoms with van der Waals surface area (Å²) in [4.78, 5) is 175. The van der Waals surface area contributed by atoms with Crippen molar-refractivity contribution in [2.24, 2.45) is 41.4 Å². The normalized spacial score (nSPS) is 27.6. The highest BCUT2D eigenvalue weighted by Gasteiger charge is 2.47. The number of aliphatic hydroxyl groups is 1. The molecule has 2 aliphatic rings. The number of hydrogen-bond acceptors (Lipinski definition) is 15. The van der Waals surface area contributed by atoms with Gasteiger partial charge in [-0.1, -0.05) is 116 Å². The molecule has 0 spiro atoms. The number of nitrogens with one attached hydrogen (secondary N) is 4. The third-order valence-corrected chi connectivity index (χ3v) is 20.0. The van der Waals surface area contributed by atoms with Crippen molar-refractivity contribution in [3.05, 3.63) is 12.2 Å². The first-order valence-electron chi connectivity index (χ1n) is 34.5. The van der Waals surface area contributed by atoms with Gasteiger partial charge in [0.25, 0.3) is 5.91 Å². The maximum atomic E-state index is 15.4. The molecule has 0 bridgehead atoms. The van der Waals surface area contributed by atoms with Crippen LogP contribution in [0.3, 0.4) is 0 Å². The molecular weight excluding hydrogens is 1240 g/mol. The molecule has 14 atom stereocenters. The molecule has 0 saturated carbocycles. The fraction of sp³-hybridized carbons (Fsp3) is 0.812. The Morgan fingerprint density at radius 2 is 0.989 bits per heavy atom. The summed E-state index contributed by atoms with van der Waals surface area (Å²) in [6, 6.07) is -12.6. The molecule has 1 unspecified atom stereocenters. The number of morpholine rings is 1. The smallest absolute Gasteiger partial charge is 0.256 e. The van der Waals surface area contributed by atoms with Gasteiger partial charge in [-0.25, -0.2) is 0 Å². The number of rotatable bonds is 20. The molecule has 2 saturated heterocycles. The summed E-state index contributed by atoms with van der Waals surface area (Å²) in [5.41, 5.74) is 0. The highest BCUT2D eigenvalue weighted by atomic mass is 32.2. The quantitative estimate of drug-likeness (QED) is 0.0849. The molecule has 544 valence electrons. The third kappa shape index (κ3) is 24.0. The molecule has 0 aromatic heterocycles. The minimum atomic E-state index is -1.64. The monoisotopic (exact) mass is 1360 g/mol. The summed E-state index contributed by atoms with van der Waals surface area (Å²) in [6.07, 6.45) is 3.86.